The van der Waals surface area contributed by atoms with Crippen LogP contribution in [0.2, 0.25) is 0 Å². The lowest BCUT2D eigenvalue weighted by Crippen LogP contribution is -2.44. The molecule has 1 aliphatic rings. The molecule has 2 amide bonds. The van der Waals surface area contributed by atoms with Crippen molar-refractivity contribution in [1.29, 1.82) is 0 Å². The molecule has 0 aliphatic carbocycles. The second kappa shape index (κ2) is 8.84. The summed E-state index contributed by atoms with van der Waals surface area (Å²) in [4.78, 5) is 23.9. The zero-order valence-corrected chi connectivity index (χ0v) is 13.8. The number of benzene rings is 1. The van der Waals surface area contributed by atoms with E-state index < -0.39 is 23.5 Å². The minimum atomic E-state index is -1.22. The van der Waals surface area contributed by atoms with Crippen LogP contribution in [0.1, 0.15) is 24.8 Å². The molecule has 1 aliphatic heterocycles. The van der Waals surface area contributed by atoms with Crippen LogP contribution in [0.25, 0.3) is 0 Å². The predicted octanol–water partition coefficient (Wildman–Crippen LogP) is 1.35. The van der Waals surface area contributed by atoms with Crippen molar-refractivity contribution in [1.82, 2.24) is 10.2 Å². The minimum absolute atomic E-state index is 0.0342. The Balaban J connectivity index is 1.85. The maximum Gasteiger partial charge on any atom is 0.224 e. The first-order valence-corrected chi connectivity index (χ1v) is 8.26. The van der Waals surface area contributed by atoms with Crippen molar-refractivity contribution in [2.45, 2.75) is 31.7 Å². The van der Waals surface area contributed by atoms with E-state index in [1.54, 1.807) is 4.90 Å². The Bertz CT molecular complexity index is 619. The first-order valence-electron chi connectivity index (χ1n) is 8.26. The fourth-order valence-electron chi connectivity index (χ4n) is 3.11. The Labute approximate surface area is 144 Å². The highest BCUT2D eigenvalue weighted by atomic mass is 19.2. The summed E-state index contributed by atoms with van der Waals surface area (Å²) in [7, 11) is 0. The third-order valence-electron chi connectivity index (χ3n) is 4.61. The number of nitrogens with zero attached hydrogens (tertiary/aromatic N) is 1. The topological polar surface area (TPSA) is 75.4 Å². The Morgan fingerprint density at radius 1 is 1.24 bits per heavy atom. The lowest BCUT2D eigenvalue weighted by Gasteiger charge is -2.35. The summed E-state index contributed by atoms with van der Waals surface area (Å²) < 4.78 is 40.0. The lowest BCUT2D eigenvalue weighted by molar-refractivity contribution is -0.132. The number of hydrogen-bond acceptors (Lipinski definition) is 3. The van der Waals surface area contributed by atoms with Crippen molar-refractivity contribution in [2.24, 2.45) is 11.7 Å². The molecule has 25 heavy (non-hydrogen) atoms. The molecule has 1 aromatic rings. The number of carbonyl (C=O) groups excluding carboxylic acids is 2. The van der Waals surface area contributed by atoms with Gasteiger partial charge in [0.2, 0.25) is 12.3 Å². The van der Waals surface area contributed by atoms with Gasteiger partial charge in [-0.25, -0.2) is 13.2 Å². The van der Waals surface area contributed by atoms with Gasteiger partial charge in [0.1, 0.15) is 5.82 Å². The van der Waals surface area contributed by atoms with Crippen molar-refractivity contribution in [3.8, 4) is 0 Å². The molecule has 138 valence electrons. The van der Waals surface area contributed by atoms with Crippen LogP contribution in [0.15, 0.2) is 12.1 Å². The average molecular weight is 357 g/mol. The SMILES string of the molecule is NC(Cc1cc(F)c(F)cc1F)C1CCN(C(=O)CCNC=O)CC1. The van der Waals surface area contributed by atoms with Crippen molar-refractivity contribution >= 4 is 12.3 Å². The molecule has 5 nitrogen and oxygen atoms in total. The fourth-order valence-corrected chi connectivity index (χ4v) is 3.11. The van der Waals surface area contributed by atoms with Gasteiger partial charge >= 0.3 is 0 Å². The van der Waals surface area contributed by atoms with Crippen molar-refractivity contribution in [3.05, 3.63) is 35.1 Å². The molecule has 1 heterocycles. The smallest absolute Gasteiger partial charge is 0.224 e. The average Bonchev–Trinajstić information content (AvgIpc) is 2.60. The zero-order chi connectivity index (χ0) is 18.4. The van der Waals surface area contributed by atoms with Gasteiger partial charge in [-0.05, 0) is 36.8 Å². The van der Waals surface area contributed by atoms with E-state index >= 15 is 0 Å². The van der Waals surface area contributed by atoms with Gasteiger partial charge in [-0.1, -0.05) is 0 Å². The van der Waals surface area contributed by atoms with Crippen LogP contribution in [0.4, 0.5) is 13.2 Å². The molecule has 0 saturated carbocycles. The Kier molecular flexibility index (Phi) is 6.81. The van der Waals surface area contributed by atoms with Gasteiger partial charge in [0.15, 0.2) is 11.6 Å². The number of amides is 2. The number of nitrogens with two attached hydrogens (primary N) is 1. The van der Waals surface area contributed by atoms with E-state index in [1.165, 1.54) is 0 Å². The normalized spacial score (nSPS) is 16.6. The van der Waals surface area contributed by atoms with Crippen LogP contribution in [0.3, 0.4) is 0 Å². The number of halogens is 3. The molecule has 0 bridgehead atoms. The predicted molar refractivity (Wildman–Crippen MR) is 86.0 cm³/mol. The van der Waals surface area contributed by atoms with Crippen molar-refractivity contribution < 1.29 is 22.8 Å². The van der Waals surface area contributed by atoms with Crippen molar-refractivity contribution in [2.75, 3.05) is 19.6 Å². The minimum Gasteiger partial charge on any atom is -0.358 e. The molecular weight excluding hydrogens is 335 g/mol. The zero-order valence-electron chi connectivity index (χ0n) is 13.8. The van der Waals surface area contributed by atoms with Crippen LogP contribution in [-0.4, -0.2) is 42.9 Å². The van der Waals surface area contributed by atoms with Gasteiger partial charge in [-0.2, -0.15) is 0 Å². The van der Waals surface area contributed by atoms with Gasteiger partial charge in [0.05, 0.1) is 0 Å². The van der Waals surface area contributed by atoms with Crippen molar-refractivity contribution in [3.63, 3.8) is 0 Å². The first kappa shape index (κ1) is 19.2. The number of hydrogen-bond donors (Lipinski definition) is 2. The van der Waals surface area contributed by atoms with E-state index in [2.05, 4.69) is 5.32 Å². The second-order valence-electron chi connectivity index (χ2n) is 6.27. The summed E-state index contributed by atoms with van der Waals surface area (Å²) in [6, 6.07) is 0.989. The summed E-state index contributed by atoms with van der Waals surface area (Å²) in [5.74, 6) is -3.07. The van der Waals surface area contributed by atoms with Gasteiger partial charge < -0.3 is 16.0 Å². The maximum atomic E-state index is 13.7. The third-order valence-corrected chi connectivity index (χ3v) is 4.61. The highest BCUT2D eigenvalue weighted by Crippen LogP contribution is 2.24. The van der Waals surface area contributed by atoms with Crippen LogP contribution in [0.5, 0.6) is 0 Å². The molecule has 0 aromatic heterocycles. The molecule has 1 unspecified atom stereocenters. The summed E-state index contributed by atoms with van der Waals surface area (Å²) >= 11 is 0. The summed E-state index contributed by atoms with van der Waals surface area (Å²) in [6.07, 6.45) is 2.25. The molecule has 0 spiro atoms. The molecular formula is C17H22F3N3O2. The van der Waals surface area contributed by atoms with E-state index in [9.17, 15) is 22.8 Å². The third kappa shape index (κ3) is 5.19. The Hall–Kier alpha value is -2.09. The lowest BCUT2D eigenvalue weighted by atomic mass is 9.86. The van der Waals surface area contributed by atoms with Crippen LogP contribution >= 0.6 is 0 Å². The summed E-state index contributed by atoms with van der Waals surface area (Å²) in [5, 5.41) is 2.45. The van der Waals surface area contributed by atoms with Crippen LogP contribution in [0, 0.1) is 23.4 Å². The molecule has 1 saturated heterocycles. The Morgan fingerprint density at radius 2 is 1.88 bits per heavy atom. The number of piperidine rings is 1. The molecule has 1 fully saturated rings. The van der Waals surface area contributed by atoms with E-state index in [1.807, 2.05) is 0 Å². The van der Waals surface area contributed by atoms with Crippen LogP contribution in [-0.2, 0) is 16.0 Å². The first-order chi connectivity index (χ1) is 11.9. The molecule has 1 aromatic carbocycles. The fraction of sp³-hybridized carbons (Fsp3) is 0.529. The molecule has 2 rings (SSSR count). The molecule has 0 radical (unpaired) electrons. The largest absolute Gasteiger partial charge is 0.358 e. The second-order valence-corrected chi connectivity index (χ2v) is 6.27. The van der Waals surface area contributed by atoms with E-state index in [0.29, 0.717) is 45.0 Å². The van der Waals surface area contributed by atoms with E-state index in [-0.39, 0.29) is 30.2 Å². The number of likely N-dealkylation sites (tertiary alicyclic amines) is 1. The molecule has 8 heteroatoms. The number of nitrogens with one attached hydrogen (secondary N) is 1. The molecule has 3 N–H and O–H groups in total. The maximum absolute atomic E-state index is 13.7. The quantitative estimate of drug-likeness (QED) is 0.439. The highest BCUT2D eigenvalue weighted by Gasteiger charge is 2.27. The van der Waals surface area contributed by atoms with Gasteiger partial charge in [-0.15, -0.1) is 0 Å². The summed E-state index contributed by atoms with van der Waals surface area (Å²) in [6.45, 7) is 1.38. The van der Waals surface area contributed by atoms with Gasteiger partial charge in [-0.3, -0.25) is 9.59 Å². The van der Waals surface area contributed by atoms with Crippen LogP contribution < -0.4 is 11.1 Å². The Morgan fingerprint density at radius 3 is 2.52 bits per heavy atom. The standard InChI is InChI=1S/C17H22F3N3O2/c18-13-9-15(20)14(19)7-12(13)8-16(21)11-2-5-23(6-3-11)17(25)1-4-22-10-24/h7,9-11,16H,1-6,8,21H2,(H,22,24). The van der Waals surface area contributed by atoms with Gasteiger partial charge in [0, 0.05) is 38.2 Å². The van der Waals surface area contributed by atoms with E-state index in [4.69, 9.17) is 5.73 Å². The summed E-state index contributed by atoms with van der Waals surface area (Å²) in [5.41, 5.74) is 6.18. The van der Waals surface area contributed by atoms with E-state index in [0.717, 1.165) is 6.07 Å². The monoisotopic (exact) mass is 357 g/mol. The molecule has 1 atom stereocenters. The highest BCUT2D eigenvalue weighted by molar-refractivity contribution is 5.76. The number of carbonyl (C=O) groups is 2. The number of rotatable bonds is 7. The van der Waals surface area contributed by atoms with Gasteiger partial charge in [0.25, 0.3) is 0 Å².